The van der Waals surface area contributed by atoms with Crippen molar-refractivity contribution in [3.8, 4) is 17.6 Å². The molecule has 0 saturated carbocycles. The van der Waals surface area contributed by atoms with Gasteiger partial charge >= 0.3 is 0 Å². The van der Waals surface area contributed by atoms with E-state index in [9.17, 15) is 0 Å². The predicted octanol–water partition coefficient (Wildman–Crippen LogP) is 2.65. The van der Waals surface area contributed by atoms with Crippen molar-refractivity contribution in [3.63, 3.8) is 0 Å². The maximum absolute atomic E-state index is 8.79. The fourth-order valence-corrected chi connectivity index (χ4v) is 2.13. The minimum Gasteiger partial charge on any atom is -0.493 e. The number of hydrogen-bond donors (Lipinski definition) is 0. The van der Waals surface area contributed by atoms with Crippen LogP contribution in [-0.2, 0) is 6.42 Å². The zero-order valence-corrected chi connectivity index (χ0v) is 13.0. The molecule has 0 aliphatic carbocycles. The molecule has 1 heterocycles. The van der Waals surface area contributed by atoms with Crippen molar-refractivity contribution < 1.29 is 9.47 Å². The number of hydrogen-bond acceptors (Lipinski definition) is 5. The summed E-state index contributed by atoms with van der Waals surface area (Å²) in [6.07, 6.45) is 2.45. The van der Waals surface area contributed by atoms with Gasteiger partial charge in [-0.15, -0.1) is 0 Å². The molecule has 0 atom stereocenters. The highest BCUT2D eigenvalue weighted by Crippen LogP contribution is 2.27. The summed E-state index contributed by atoms with van der Waals surface area (Å²) >= 11 is 0. The Bertz CT molecular complexity index is 663. The Kier molecular flexibility index (Phi) is 5.21. The topological polar surface area (TPSA) is 58.4 Å². The number of nitrogens with zero attached hydrogens (tertiary/aromatic N) is 3. The van der Waals surface area contributed by atoms with E-state index in [1.165, 1.54) is 0 Å². The van der Waals surface area contributed by atoms with E-state index in [0.717, 1.165) is 35.8 Å². The summed E-state index contributed by atoms with van der Waals surface area (Å²) in [7, 11) is 5.24. The average molecular weight is 297 g/mol. The zero-order valence-electron chi connectivity index (χ0n) is 13.0. The number of pyridine rings is 1. The molecule has 0 bridgehead atoms. The van der Waals surface area contributed by atoms with Crippen LogP contribution in [0.1, 0.15) is 11.1 Å². The quantitative estimate of drug-likeness (QED) is 0.820. The van der Waals surface area contributed by atoms with E-state index < -0.39 is 0 Å². The summed E-state index contributed by atoms with van der Waals surface area (Å²) in [5.74, 6) is 2.31. The Hall–Kier alpha value is -2.74. The molecule has 0 spiro atoms. The van der Waals surface area contributed by atoms with Gasteiger partial charge in [-0.1, -0.05) is 6.07 Å². The molecule has 0 radical (unpaired) electrons. The average Bonchev–Trinajstić information content (AvgIpc) is 2.59. The Morgan fingerprint density at radius 1 is 1.14 bits per heavy atom. The van der Waals surface area contributed by atoms with Gasteiger partial charge in [0, 0.05) is 19.8 Å². The first-order chi connectivity index (χ1) is 10.7. The highest BCUT2D eigenvalue weighted by Gasteiger charge is 2.07. The Labute approximate surface area is 130 Å². The highest BCUT2D eigenvalue weighted by molar-refractivity contribution is 5.44. The molecule has 2 aromatic rings. The number of rotatable bonds is 6. The fraction of sp³-hybridized carbons (Fsp3) is 0.294. The highest BCUT2D eigenvalue weighted by atomic mass is 16.5. The van der Waals surface area contributed by atoms with Gasteiger partial charge in [0.15, 0.2) is 11.5 Å². The van der Waals surface area contributed by atoms with Crippen LogP contribution in [0.2, 0.25) is 0 Å². The minimum absolute atomic E-state index is 0.567. The number of likely N-dealkylation sites (N-methyl/N-ethyl adjacent to an activating group) is 1. The van der Waals surface area contributed by atoms with Crippen LogP contribution in [0.3, 0.4) is 0 Å². The normalized spacial score (nSPS) is 9.91. The Morgan fingerprint density at radius 2 is 1.91 bits per heavy atom. The van der Waals surface area contributed by atoms with Gasteiger partial charge in [0.25, 0.3) is 0 Å². The van der Waals surface area contributed by atoms with Gasteiger partial charge in [-0.25, -0.2) is 4.98 Å². The molecule has 5 nitrogen and oxygen atoms in total. The third-order valence-corrected chi connectivity index (χ3v) is 3.45. The molecule has 1 aromatic heterocycles. The van der Waals surface area contributed by atoms with Crippen molar-refractivity contribution >= 4 is 5.82 Å². The standard InChI is InChI=1S/C17H19N3O2/c1-20(17-7-5-14(11-18)12-19-17)9-8-13-4-6-15(21-2)16(10-13)22-3/h4-7,10,12H,8-9H2,1-3H3. The van der Waals surface area contributed by atoms with Gasteiger partial charge in [-0.2, -0.15) is 5.26 Å². The van der Waals surface area contributed by atoms with Crippen molar-refractivity contribution in [2.45, 2.75) is 6.42 Å². The van der Waals surface area contributed by atoms with Gasteiger partial charge in [-0.05, 0) is 36.2 Å². The Morgan fingerprint density at radius 3 is 2.50 bits per heavy atom. The van der Waals surface area contributed by atoms with Crippen LogP contribution in [0.4, 0.5) is 5.82 Å². The van der Waals surface area contributed by atoms with Crippen molar-refractivity contribution in [1.82, 2.24) is 4.98 Å². The SMILES string of the molecule is COc1ccc(CCN(C)c2ccc(C#N)cn2)cc1OC. The largest absolute Gasteiger partial charge is 0.493 e. The lowest BCUT2D eigenvalue weighted by molar-refractivity contribution is 0.354. The summed E-state index contributed by atoms with van der Waals surface area (Å²) in [6, 6.07) is 11.6. The molecule has 0 fully saturated rings. The smallest absolute Gasteiger partial charge is 0.160 e. The van der Waals surface area contributed by atoms with Crippen molar-refractivity contribution in [2.75, 3.05) is 32.7 Å². The monoisotopic (exact) mass is 297 g/mol. The number of nitriles is 1. The van der Waals surface area contributed by atoms with Crippen LogP contribution in [-0.4, -0.2) is 32.8 Å². The molecular formula is C17H19N3O2. The van der Waals surface area contributed by atoms with Gasteiger partial charge in [0.1, 0.15) is 11.9 Å². The van der Waals surface area contributed by atoms with E-state index in [4.69, 9.17) is 14.7 Å². The molecular weight excluding hydrogens is 278 g/mol. The van der Waals surface area contributed by atoms with Gasteiger partial charge < -0.3 is 14.4 Å². The molecule has 114 valence electrons. The summed E-state index contributed by atoms with van der Waals surface area (Å²) in [5, 5.41) is 8.79. The second-order valence-electron chi connectivity index (χ2n) is 4.88. The molecule has 2 rings (SSSR count). The van der Waals surface area contributed by atoms with Crippen LogP contribution >= 0.6 is 0 Å². The first kappa shape index (κ1) is 15.6. The second-order valence-corrected chi connectivity index (χ2v) is 4.88. The van der Waals surface area contributed by atoms with E-state index in [2.05, 4.69) is 16.0 Å². The van der Waals surface area contributed by atoms with Crippen LogP contribution < -0.4 is 14.4 Å². The lowest BCUT2D eigenvalue weighted by Crippen LogP contribution is -2.21. The van der Waals surface area contributed by atoms with E-state index >= 15 is 0 Å². The third kappa shape index (κ3) is 3.67. The molecule has 22 heavy (non-hydrogen) atoms. The molecule has 0 aliphatic heterocycles. The lowest BCUT2D eigenvalue weighted by atomic mass is 10.1. The molecule has 0 N–H and O–H groups in total. The van der Waals surface area contributed by atoms with E-state index in [1.54, 1.807) is 26.5 Å². The lowest BCUT2D eigenvalue weighted by Gasteiger charge is -2.18. The second kappa shape index (κ2) is 7.32. The third-order valence-electron chi connectivity index (χ3n) is 3.45. The minimum atomic E-state index is 0.567. The summed E-state index contributed by atoms with van der Waals surface area (Å²) < 4.78 is 10.5. The van der Waals surface area contributed by atoms with Crippen molar-refractivity contribution in [1.29, 1.82) is 5.26 Å². The van der Waals surface area contributed by atoms with E-state index in [-0.39, 0.29) is 0 Å². The van der Waals surface area contributed by atoms with Crippen molar-refractivity contribution in [3.05, 3.63) is 47.7 Å². The fourth-order valence-electron chi connectivity index (χ4n) is 2.13. The van der Waals surface area contributed by atoms with E-state index in [0.29, 0.717) is 5.56 Å². The molecule has 0 saturated heterocycles. The number of benzene rings is 1. The van der Waals surface area contributed by atoms with Crippen LogP contribution in [0, 0.1) is 11.3 Å². The molecule has 5 heteroatoms. The maximum atomic E-state index is 8.79. The number of methoxy groups -OCH3 is 2. The van der Waals surface area contributed by atoms with Crippen LogP contribution in [0.25, 0.3) is 0 Å². The maximum Gasteiger partial charge on any atom is 0.160 e. The molecule has 1 aromatic carbocycles. The molecule has 0 amide bonds. The first-order valence-electron chi connectivity index (χ1n) is 6.96. The number of anilines is 1. The van der Waals surface area contributed by atoms with E-state index in [1.807, 2.05) is 31.3 Å². The number of ether oxygens (including phenoxy) is 2. The first-order valence-corrected chi connectivity index (χ1v) is 6.96. The summed E-state index contributed by atoms with van der Waals surface area (Å²) in [4.78, 5) is 6.34. The predicted molar refractivity (Wildman–Crippen MR) is 85.5 cm³/mol. The van der Waals surface area contributed by atoms with Crippen LogP contribution in [0.5, 0.6) is 11.5 Å². The molecule has 0 unspecified atom stereocenters. The van der Waals surface area contributed by atoms with Crippen LogP contribution in [0.15, 0.2) is 36.5 Å². The van der Waals surface area contributed by atoms with Gasteiger partial charge in [0.2, 0.25) is 0 Å². The summed E-state index contributed by atoms with van der Waals surface area (Å²) in [6.45, 7) is 0.814. The van der Waals surface area contributed by atoms with Crippen molar-refractivity contribution in [2.24, 2.45) is 0 Å². The molecule has 0 aliphatic rings. The van der Waals surface area contributed by atoms with Gasteiger partial charge in [-0.3, -0.25) is 0 Å². The van der Waals surface area contributed by atoms with Gasteiger partial charge in [0.05, 0.1) is 19.8 Å². The zero-order chi connectivity index (χ0) is 15.9. The number of aromatic nitrogens is 1. The summed E-state index contributed by atoms with van der Waals surface area (Å²) in [5.41, 5.74) is 1.73. The Balaban J connectivity index is 2.01.